The van der Waals surface area contributed by atoms with E-state index >= 15 is 0 Å². The Labute approximate surface area is 87.7 Å². The van der Waals surface area contributed by atoms with Crippen LogP contribution in [-0.4, -0.2) is 41.1 Å². The molecule has 0 spiro atoms. The highest BCUT2D eigenvalue weighted by atomic mass is 32.1. The molecule has 0 amide bonds. The van der Waals surface area contributed by atoms with Crippen molar-refractivity contribution in [2.75, 3.05) is 25.2 Å². The summed E-state index contributed by atoms with van der Waals surface area (Å²) >= 11 is 5.05. The van der Waals surface area contributed by atoms with E-state index in [1.165, 1.54) is 0 Å². The molecule has 1 aromatic heterocycles. The molecule has 0 radical (unpaired) electrons. The Morgan fingerprint density at radius 3 is 3.00 bits per heavy atom. The lowest BCUT2D eigenvalue weighted by atomic mass is 10.2. The summed E-state index contributed by atoms with van der Waals surface area (Å²) in [5, 5.41) is 6.95. The normalized spacial score (nSPS) is 21.4. The Kier molecular flexibility index (Phi) is 2.56. The zero-order valence-electron chi connectivity index (χ0n) is 8.36. The highest BCUT2D eigenvalue weighted by Gasteiger charge is 2.23. The molecule has 1 saturated heterocycles. The van der Waals surface area contributed by atoms with Gasteiger partial charge in [0.05, 0.1) is 12.6 Å². The monoisotopic (exact) mass is 214 g/mol. The molecule has 78 valence electrons. The molecule has 0 aliphatic carbocycles. The molecule has 1 fully saturated rings. The van der Waals surface area contributed by atoms with E-state index in [2.05, 4.69) is 15.1 Å². The van der Waals surface area contributed by atoms with Crippen LogP contribution in [0.5, 0.6) is 0 Å². The first-order valence-electron chi connectivity index (χ1n) is 4.62. The number of H-pyrrole nitrogens is 1. The van der Waals surface area contributed by atoms with E-state index in [1.54, 1.807) is 0 Å². The number of aromatic nitrogens is 3. The van der Waals surface area contributed by atoms with Crippen LogP contribution in [0.25, 0.3) is 0 Å². The largest absolute Gasteiger partial charge is 0.379 e. The maximum Gasteiger partial charge on any atom is 0.225 e. The van der Waals surface area contributed by atoms with E-state index in [4.69, 9.17) is 17.0 Å². The van der Waals surface area contributed by atoms with Gasteiger partial charge < -0.3 is 9.64 Å². The van der Waals surface area contributed by atoms with Crippen molar-refractivity contribution in [2.45, 2.75) is 12.5 Å². The third-order valence-corrected chi connectivity index (χ3v) is 2.99. The second-order valence-electron chi connectivity index (χ2n) is 3.52. The third-order valence-electron chi connectivity index (χ3n) is 2.63. The molecule has 0 saturated carbocycles. The molecule has 1 unspecified atom stereocenters. The van der Waals surface area contributed by atoms with Gasteiger partial charge in [-0.05, 0) is 18.6 Å². The van der Waals surface area contributed by atoms with Gasteiger partial charge in [-0.3, -0.25) is 4.57 Å². The maximum absolute atomic E-state index is 5.33. The summed E-state index contributed by atoms with van der Waals surface area (Å²) in [4.78, 5) is 2.11. The standard InChI is InChI=1S/C8H14N4OS/c1-11(6-3-4-13-5-6)7-9-10-8(14)12(7)2/h6H,3-5H2,1-2H3,(H,10,14). The minimum atomic E-state index is 0.416. The summed E-state index contributed by atoms with van der Waals surface area (Å²) < 4.78 is 7.84. The van der Waals surface area contributed by atoms with Crippen molar-refractivity contribution in [3.8, 4) is 0 Å². The summed E-state index contributed by atoms with van der Waals surface area (Å²) in [6.07, 6.45) is 1.05. The molecule has 2 rings (SSSR count). The van der Waals surface area contributed by atoms with E-state index in [9.17, 15) is 0 Å². The van der Waals surface area contributed by atoms with Gasteiger partial charge in [-0.1, -0.05) is 0 Å². The van der Waals surface area contributed by atoms with E-state index in [0.717, 1.165) is 25.6 Å². The quantitative estimate of drug-likeness (QED) is 0.736. The molecule has 6 heteroatoms. The molecule has 0 aromatic carbocycles. The van der Waals surface area contributed by atoms with Crippen LogP contribution in [0.4, 0.5) is 5.95 Å². The molecule has 14 heavy (non-hydrogen) atoms. The molecule has 1 aromatic rings. The van der Waals surface area contributed by atoms with Crippen molar-refractivity contribution >= 4 is 18.2 Å². The third kappa shape index (κ3) is 1.55. The Morgan fingerprint density at radius 2 is 2.50 bits per heavy atom. The molecular weight excluding hydrogens is 200 g/mol. The molecule has 1 aliphatic heterocycles. The lowest BCUT2D eigenvalue weighted by molar-refractivity contribution is 0.193. The highest BCUT2D eigenvalue weighted by Crippen LogP contribution is 2.16. The molecule has 2 heterocycles. The summed E-state index contributed by atoms with van der Waals surface area (Å²) in [5.41, 5.74) is 0. The molecule has 5 nitrogen and oxygen atoms in total. The van der Waals surface area contributed by atoms with Crippen molar-refractivity contribution in [1.29, 1.82) is 0 Å². The number of anilines is 1. The minimum absolute atomic E-state index is 0.416. The number of hydrogen-bond donors (Lipinski definition) is 1. The van der Waals surface area contributed by atoms with Crippen LogP contribution >= 0.6 is 12.2 Å². The Hall–Kier alpha value is -0.880. The zero-order valence-corrected chi connectivity index (χ0v) is 9.17. The van der Waals surface area contributed by atoms with Gasteiger partial charge in [0.15, 0.2) is 4.77 Å². The van der Waals surface area contributed by atoms with Gasteiger partial charge in [-0.25, -0.2) is 5.10 Å². The van der Waals surface area contributed by atoms with Crippen LogP contribution in [0.15, 0.2) is 0 Å². The maximum atomic E-state index is 5.33. The number of hydrogen-bond acceptors (Lipinski definition) is 4. The van der Waals surface area contributed by atoms with Crippen LogP contribution in [0.1, 0.15) is 6.42 Å². The van der Waals surface area contributed by atoms with Gasteiger partial charge >= 0.3 is 0 Å². The number of nitrogens with zero attached hydrogens (tertiary/aromatic N) is 3. The summed E-state index contributed by atoms with van der Waals surface area (Å²) in [6, 6.07) is 0.416. The van der Waals surface area contributed by atoms with Gasteiger partial charge in [0.1, 0.15) is 0 Å². The number of rotatable bonds is 2. The predicted octanol–water partition coefficient (Wildman–Crippen LogP) is 0.703. The number of likely N-dealkylation sites (N-methyl/N-ethyl adjacent to an activating group) is 1. The van der Waals surface area contributed by atoms with Gasteiger partial charge in [0, 0.05) is 20.7 Å². The van der Waals surface area contributed by atoms with E-state index in [-0.39, 0.29) is 0 Å². The average Bonchev–Trinajstić information content (AvgIpc) is 2.77. The predicted molar refractivity (Wildman–Crippen MR) is 56.0 cm³/mol. The summed E-state index contributed by atoms with van der Waals surface area (Å²) in [5.74, 6) is 0.866. The van der Waals surface area contributed by atoms with Gasteiger partial charge in [0.25, 0.3) is 0 Å². The smallest absolute Gasteiger partial charge is 0.225 e. The lowest BCUT2D eigenvalue weighted by Gasteiger charge is -2.23. The van der Waals surface area contributed by atoms with Crippen LogP contribution in [0.2, 0.25) is 0 Å². The van der Waals surface area contributed by atoms with Crippen molar-refractivity contribution in [1.82, 2.24) is 14.8 Å². The van der Waals surface area contributed by atoms with Crippen molar-refractivity contribution in [3.05, 3.63) is 4.77 Å². The van der Waals surface area contributed by atoms with Crippen molar-refractivity contribution in [3.63, 3.8) is 0 Å². The van der Waals surface area contributed by atoms with Gasteiger partial charge in [-0.15, -0.1) is 5.10 Å². The fourth-order valence-electron chi connectivity index (χ4n) is 1.64. The summed E-state index contributed by atoms with van der Waals surface area (Å²) in [7, 11) is 3.93. The Balaban J connectivity index is 2.21. The van der Waals surface area contributed by atoms with Crippen LogP contribution in [0.3, 0.4) is 0 Å². The second kappa shape index (κ2) is 3.70. The number of ether oxygens (including phenoxy) is 1. The number of aromatic amines is 1. The molecule has 0 bridgehead atoms. The van der Waals surface area contributed by atoms with Gasteiger partial charge in [-0.2, -0.15) is 0 Å². The van der Waals surface area contributed by atoms with E-state index in [1.807, 2.05) is 18.7 Å². The van der Waals surface area contributed by atoms with Crippen molar-refractivity contribution < 1.29 is 4.74 Å². The van der Waals surface area contributed by atoms with Gasteiger partial charge in [0.2, 0.25) is 5.95 Å². The first-order chi connectivity index (χ1) is 6.70. The van der Waals surface area contributed by atoms with E-state index < -0.39 is 0 Å². The molecular formula is C8H14N4OS. The first kappa shape index (κ1) is 9.67. The number of nitrogens with one attached hydrogen (secondary N) is 1. The van der Waals surface area contributed by atoms with Crippen molar-refractivity contribution in [2.24, 2.45) is 7.05 Å². The fraction of sp³-hybridized carbons (Fsp3) is 0.750. The van der Waals surface area contributed by atoms with Crippen LogP contribution in [-0.2, 0) is 11.8 Å². The zero-order chi connectivity index (χ0) is 10.1. The molecule has 1 atom stereocenters. The van der Waals surface area contributed by atoms with Crippen LogP contribution in [0, 0.1) is 4.77 Å². The topological polar surface area (TPSA) is 46.1 Å². The SMILES string of the molecule is CN(c1n[nH]c(=S)n1C)C1CCOC1. The molecule has 1 N–H and O–H groups in total. The van der Waals surface area contributed by atoms with Crippen LogP contribution < -0.4 is 4.90 Å². The fourth-order valence-corrected chi connectivity index (χ4v) is 1.77. The highest BCUT2D eigenvalue weighted by molar-refractivity contribution is 7.71. The first-order valence-corrected chi connectivity index (χ1v) is 5.03. The minimum Gasteiger partial charge on any atom is -0.379 e. The Bertz CT molecular complexity index is 366. The Morgan fingerprint density at radius 1 is 1.71 bits per heavy atom. The second-order valence-corrected chi connectivity index (χ2v) is 3.90. The molecule has 1 aliphatic rings. The van der Waals surface area contributed by atoms with E-state index in [0.29, 0.717) is 10.8 Å². The lowest BCUT2D eigenvalue weighted by Crippen LogP contribution is -2.33. The average molecular weight is 214 g/mol. The summed E-state index contributed by atoms with van der Waals surface area (Å²) in [6.45, 7) is 1.61.